The summed E-state index contributed by atoms with van der Waals surface area (Å²) in [6.45, 7) is 0. The van der Waals surface area contributed by atoms with Crippen molar-refractivity contribution in [2.45, 2.75) is 9.92 Å². The van der Waals surface area contributed by atoms with E-state index in [0.29, 0.717) is 22.8 Å². The average molecular weight is 438 g/mol. The highest BCUT2D eigenvalue weighted by molar-refractivity contribution is 7.91. The smallest absolute Gasteiger partial charge is 0.229 e. The summed E-state index contributed by atoms with van der Waals surface area (Å²) in [7, 11) is -2.30. The van der Waals surface area contributed by atoms with Crippen molar-refractivity contribution in [2.24, 2.45) is 0 Å². The summed E-state index contributed by atoms with van der Waals surface area (Å²) in [5.74, 6) is 1.15. The number of methoxy groups -OCH3 is 1. The lowest BCUT2D eigenvalue weighted by Gasteiger charge is -2.11. The van der Waals surface area contributed by atoms with Gasteiger partial charge in [-0.1, -0.05) is 35.5 Å². The molecule has 1 N–H and O–H groups in total. The summed E-state index contributed by atoms with van der Waals surface area (Å²) in [5.41, 5.74) is 1.58. The first kappa shape index (κ1) is 18.5. The molecule has 0 atom stereocenters. The zero-order valence-corrected chi connectivity index (χ0v) is 17.3. The molecule has 0 saturated carbocycles. The first-order chi connectivity index (χ1) is 14.6. The van der Waals surface area contributed by atoms with Crippen LogP contribution >= 0.6 is 11.3 Å². The van der Waals surface area contributed by atoms with Gasteiger partial charge in [-0.2, -0.15) is 4.52 Å². The van der Waals surface area contributed by atoms with Gasteiger partial charge in [-0.3, -0.25) is 0 Å². The summed E-state index contributed by atoms with van der Waals surface area (Å²) in [4.78, 5) is 4.74. The van der Waals surface area contributed by atoms with Crippen LogP contribution in [0.25, 0.3) is 15.9 Å². The van der Waals surface area contributed by atoms with Gasteiger partial charge < -0.3 is 10.1 Å². The molecule has 150 valence electrons. The van der Waals surface area contributed by atoms with Gasteiger partial charge in [0.05, 0.1) is 27.9 Å². The minimum atomic E-state index is -3.88. The maximum absolute atomic E-state index is 13.2. The van der Waals surface area contributed by atoms with Crippen LogP contribution < -0.4 is 10.1 Å². The lowest BCUT2D eigenvalue weighted by molar-refractivity contribution is 0.417. The number of ether oxygens (including phenoxy) is 1. The van der Waals surface area contributed by atoms with E-state index in [0.717, 1.165) is 4.70 Å². The first-order valence-corrected chi connectivity index (χ1v) is 11.3. The van der Waals surface area contributed by atoms with Crippen molar-refractivity contribution >= 4 is 48.5 Å². The fraction of sp³-hybridized carbons (Fsp3) is 0.0500. The van der Waals surface area contributed by atoms with Crippen LogP contribution in [-0.4, -0.2) is 35.3 Å². The molecule has 0 amide bonds. The SMILES string of the molecule is COc1ccccc1Nc1nc2c(S(=O)(=O)c3ccccc3)nnn2c2ccsc12. The Morgan fingerprint density at radius 1 is 1.03 bits per heavy atom. The maximum atomic E-state index is 13.2. The molecule has 0 fully saturated rings. The van der Waals surface area contributed by atoms with Gasteiger partial charge in [0.15, 0.2) is 11.5 Å². The lowest BCUT2D eigenvalue weighted by Crippen LogP contribution is -2.05. The Kier molecular flexibility index (Phi) is 4.37. The van der Waals surface area contributed by atoms with Gasteiger partial charge in [-0.05, 0) is 35.7 Å². The first-order valence-electron chi connectivity index (χ1n) is 8.92. The fourth-order valence-corrected chi connectivity index (χ4v) is 5.24. The minimum absolute atomic E-state index is 0.138. The number of aromatic nitrogens is 4. The molecule has 0 aliphatic rings. The molecule has 2 aromatic carbocycles. The van der Waals surface area contributed by atoms with E-state index < -0.39 is 9.84 Å². The quantitative estimate of drug-likeness (QED) is 0.445. The molecule has 30 heavy (non-hydrogen) atoms. The van der Waals surface area contributed by atoms with Crippen molar-refractivity contribution < 1.29 is 13.2 Å². The third kappa shape index (κ3) is 2.88. The Labute approximate surface area is 175 Å². The number of hydrogen-bond donors (Lipinski definition) is 1. The molecule has 0 aliphatic carbocycles. The van der Waals surface area contributed by atoms with Crippen LogP contribution in [0.1, 0.15) is 0 Å². The number of nitrogens with one attached hydrogen (secondary N) is 1. The lowest BCUT2D eigenvalue weighted by atomic mass is 10.3. The highest BCUT2D eigenvalue weighted by Crippen LogP contribution is 2.34. The zero-order chi connectivity index (χ0) is 20.7. The van der Waals surface area contributed by atoms with E-state index in [1.54, 1.807) is 25.3 Å². The standard InChI is InChI=1S/C20H15N5O3S2/c1-28-16-10-6-5-9-14(16)21-18-17-15(11-12-29-17)25-19(22-18)20(23-24-25)30(26,27)13-7-3-2-4-8-13/h2-12H,1H3,(H,21,22). The second-order valence-corrected chi connectivity index (χ2v) is 9.15. The van der Waals surface area contributed by atoms with Gasteiger partial charge in [-0.15, -0.1) is 16.4 Å². The highest BCUT2D eigenvalue weighted by atomic mass is 32.2. The number of sulfone groups is 1. The normalized spacial score (nSPS) is 11.8. The Balaban J connectivity index is 1.73. The van der Waals surface area contributed by atoms with Crippen LogP contribution in [0, 0.1) is 0 Å². The molecule has 5 rings (SSSR count). The van der Waals surface area contributed by atoms with E-state index in [9.17, 15) is 8.42 Å². The molecule has 5 aromatic rings. The van der Waals surface area contributed by atoms with E-state index in [-0.39, 0.29) is 15.6 Å². The molecule has 3 heterocycles. The van der Waals surface area contributed by atoms with Crippen LogP contribution in [-0.2, 0) is 9.84 Å². The van der Waals surface area contributed by atoms with Gasteiger partial charge in [0, 0.05) is 0 Å². The molecule has 8 nitrogen and oxygen atoms in total. The highest BCUT2D eigenvalue weighted by Gasteiger charge is 2.27. The van der Waals surface area contributed by atoms with E-state index in [2.05, 4.69) is 20.6 Å². The van der Waals surface area contributed by atoms with E-state index in [1.807, 2.05) is 35.7 Å². The fourth-order valence-electron chi connectivity index (χ4n) is 3.17. The summed E-state index contributed by atoms with van der Waals surface area (Å²) in [6, 6.07) is 17.4. The minimum Gasteiger partial charge on any atom is -0.495 e. The molecule has 0 aliphatic heterocycles. The summed E-state index contributed by atoms with van der Waals surface area (Å²) in [5, 5.41) is 13.0. The largest absolute Gasteiger partial charge is 0.495 e. The Hall–Kier alpha value is -3.50. The van der Waals surface area contributed by atoms with Crippen LogP contribution in [0.15, 0.2) is 76.0 Å². The van der Waals surface area contributed by atoms with Crippen molar-refractivity contribution in [1.82, 2.24) is 19.8 Å². The van der Waals surface area contributed by atoms with Crippen LogP contribution in [0.4, 0.5) is 11.5 Å². The van der Waals surface area contributed by atoms with E-state index >= 15 is 0 Å². The van der Waals surface area contributed by atoms with Crippen LogP contribution in [0.3, 0.4) is 0 Å². The van der Waals surface area contributed by atoms with Gasteiger partial charge >= 0.3 is 0 Å². The topological polar surface area (TPSA) is 98.5 Å². The van der Waals surface area contributed by atoms with Crippen molar-refractivity contribution in [3.63, 3.8) is 0 Å². The van der Waals surface area contributed by atoms with Crippen molar-refractivity contribution in [2.75, 3.05) is 12.4 Å². The van der Waals surface area contributed by atoms with Gasteiger partial charge in [0.2, 0.25) is 14.9 Å². The summed E-state index contributed by atoms with van der Waals surface area (Å²) >= 11 is 1.47. The second-order valence-electron chi connectivity index (χ2n) is 6.37. The Morgan fingerprint density at radius 2 is 1.80 bits per heavy atom. The van der Waals surface area contributed by atoms with E-state index in [4.69, 9.17) is 4.74 Å². The number of anilines is 2. The molecule has 0 spiro atoms. The molecular weight excluding hydrogens is 422 g/mol. The molecule has 3 aromatic heterocycles. The summed E-state index contributed by atoms with van der Waals surface area (Å²) < 4.78 is 34.0. The van der Waals surface area contributed by atoms with Crippen LogP contribution in [0.2, 0.25) is 0 Å². The number of hydrogen-bond acceptors (Lipinski definition) is 8. The molecule has 0 saturated heterocycles. The molecular formula is C20H15N5O3S2. The monoisotopic (exact) mass is 437 g/mol. The Bertz CT molecular complexity index is 1480. The number of thiophene rings is 1. The Morgan fingerprint density at radius 3 is 2.60 bits per heavy atom. The van der Waals surface area contributed by atoms with Crippen molar-refractivity contribution in [1.29, 1.82) is 0 Å². The average Bonchev–Trinajstić information content (AvgIpc) is 3.42. The predicted octanol–water partition coefficient (Wildman–Crippen LogP) is 3.92. The number of para-hydroxylation sites is 2. The van der Waals surface area contributed by atoms with Crippen molar-refractivity contribution in [3.8, 4) is 5.75 Å². The molecule has 0 radical (unpaired) electrons. The molecule has 0 bridgehead atoms. The van der Waals surface area contributed by atoms with Gasteiger partial charge in [0.1, 0.15) is 5.75 Å². The number of fused-ring (bicyclic) bond motifs is 3. The van der Waals surface area contributed by atoms with Crippen LogP contribution in [0.5, 0.6) is 5.75 Å². The maximum Gasteiger partial charge on any atom is 0.229 e. The van der Waals surface area contributed by atoms with Crippen molar-refractivity contribution in [3.05, 3.63) is 66.0 Å². The third-order valence-corrected chi connectivity index (χ3v) is 7.17. The number of benzene rings is 2. The summed E-state index contributed by atoms with van der Waals surface area (Å²) in [6.07, 6.45) is 0. The molecule has 10 heteroatoms. The van der Waals surface area contributed by atoms with E-state index in [1.165, 1.54) is 28.0 Å². The zero-order valence-electron chi connectivity index (χ0n) is 15.7. The predicted molar refractivity (Wildman–Crippen MR) is 114 cm³/mol. The van der Waals surface area contributed by atoms with Gasteiger partial charge in [0.25, 0.3) is 0 Å². The third-order valence-electron chi connectivity index (χ3n) is 4.59. The van der Waals surface area contributed by atoms with Gasteiger partial charge in [-0.25, -0.2) is 13.4 Å². The second kappa shape index (κ2) is 7.08. The molecule has 0 unspecified atom stereocenters. The number of nitrogens with zero attached hydrogens (tertiary/aromatic N) is 4. The number of rotatable bonds is 5.